The first-order valence-corrected chi connectivity index (χ1v) is 14.3. The summed E-state index contributed by atoms with van der Waals surface area (Å²) in [7, 11) is -16.9. The van der Waals surface area contributed by atoms with Crippen LogP contribution in [-0.2, 0) is 36.3 Å². The number of phosphoric acid groups is 3. The van der Waals surface area contributed by atoms with Gasteiger partial charge in [0.05, 0.1) is 19.0 Å². The number of imidazole rings is 1. The zero-order valence-electron chi connectivity index (χ0n) is 18.7. The highest BCUT2D eigenvalue weighted by molar-refractivity contribution is 7.66. The summed E-state index contributed by atoms with van der Waals surface area (Å²) in [6.07, 6.45) is -1.19. The monoisotopic (exact) mass is 601 g/mol. The highest BCUT2D eigenvalue weighted by atomic mass is 31.3. The number of nitrogens with two attached hydrogens (primary N) is 1. The summed E-state index contributed by atoms with van der Waals surface area (Å²) >= 11 is 0. The minimum atomic E-state index is -5.77. The molecule has 1 aliphatic rings. The first-order valence-electron chi connectivity index (χ1n) is 9.74. The molecule has 1 saturated heterocycles. The van der Waals surface area contributed by atoms with Crippen molar-refractivity contribution in [2.24, 2.45) is 10.2 Å². The van der Waals surface area contributed by atoms with Gasteiger partial charge in [0.1, 0.15) is 24.2 Å². The molecule has 0 spiro atoms. The van der Waals surface area contributed by atoms with Crippen molar-refractivity contribution >= 4 is 40.4 Å². The molecule has 38 heavy (non-hydrogen) atoms. The van der Waals surface area contributed by atoms with E-state index >= 15 is 0 Å². The average Bonchev–Trinajstić information content (AvgIpc) is 3.34. The molecule has 2 aromatic rings. The minimum absolute atomic E-state index is 0.0584. The molecule has 0 aliphatic carbocycles. The number of hydrogen-bond donors (Lipinski definition) is 5. The molecule has 0 amide bonds. The number of anilines is 1. The second-order valence-corrected chi connectivity index (χ2v) is 11.7. The maximum absolute atomic E-state index is 12.2. The van der Waals surface area contributed by atoms with Crippen LogP contribution in [0.25, 0.3) is 32.0 Å². The molecule has 26 heteroatoms. The van der Waals surface area contributed by atoms with Crippen molar-refractivity contribution in [3.63, 3.8) is 0 Å². The van der Waals surface area contributed by atoms with Crippen LogP contribution in [0, 0.1) is 0 Å². The van der Waals surface area contributed by atoms with Crippen LogP contribution in [-0.4, -0.2) is 63.8 Å². The molecular formula is C12H18N11O12P3. The van der Waals surface area contributed by atoms with Gasteiger partial charge in [-0.25, -0.2) is 28.6 Å². The minimum Gasteiger partial charge on any atom is -0.382 e. The molecule has 2 aromatic heterocycles. The molecular weight excluding hydrogens is 583 g/mol. The Labute approximate surface area is 210 Å². The number of aromatic nitrogens is 4. The van der Waals surface area contributed by atoms with Crippen molar-refractivity contribution < 1.29 is 55.9 Å². The first-order chi connectivity index (χ1) is 17.6. The Balaban J connectivity index is 1.85. The average molecular weight is 601 g/mol. The van der Waals surface area contributed by atoms with E-state index in [2.05, 4.69) is 48.1 Å². The molecule has 208 valence electrons. The van der Waals surface area contributed by atoms with E-state index in [4.69, 9.17) is 36.1 Å². The van der Waals surface area contributed by atoms with Crippen LogP contribution in [0.2, 0.25) is 0 Å². The molecule has 3 unspecified atom stereocenters. The van der Waals surface area contributed by atoms with Crippen LogP contribution < -0.4 is 5.73 Å². The smallest absolute Gasteiger partial charge is 0.382 e. The van der Waals surface area contributed by atoms with Gasteiger partial charge in [0.15, 0.2) is 11.5 Å². The van der Waals surface area contributed by atoms with Crippen molar-refractivity contribution in [3.05, 3.63) is 33.5 Å². The number of azide groups is 1. The normalized spacial score (nSPS) is 24.5. The van der Waals surface area contributed by atoms with Crippen molar-refractivity contribution in [3.8, 4) is 0 Å². The first kappa shape index (κ1) is 29.9. The highest BCUT2D eigenvalue weighted by Gasteiger charge is 2.45. The summed E-state index contributed by atoms with van der Waals surface area (Å²) in [6, 6.07) is 0. The van der Waals surface area contributed by atoms with E-state index in [9.17, 15) is 23.5 Å². The Hall–Kier alpha value is -2.70. The van der Waals surface area contributed by atoms with E-state index in [0.29, 0.717) is 0 Å². The molecule has 3 heterocycles. The lowest BCUT2D eigenvalue weighted by Gasteiger charge is -2.26. The second kappa shape index (κ2) is 11.2. The number of ether oxygens (including phenoxy) is 2. The summed E-state index contributed by atoms with van der Waals surface area (Å²) in [4.78, 5) is 53.4. The third kappa shape index (κ3) is 7.67. The Bertz CT molecular complexity index is 1420. The third-order valence-corrected chi connectivity index (χ3v) is 8.33. The van der Waals surface area contributed by atoms with Gasteiger partial charge in [0.25, 0.3) is 0 Å². The van der Waals surface area contributed by atoms with E-state index < -0.39 is 54.4 Å². The van der Waals surface area contributed by atoms with E-state index in [1.165, 1.54) is 10.9 Å². The fraction of sp³-hybridized carbons (Fsp3) is 0.583. The van der Waals surface area contributed by atoms with Crippen molar-refractivity contribution in [1.29, 1.82) is 0 Å². The standard InChI is InChI=1S/C12H18N11O12P3/c1-12(19-21-14,20-22-15)33-6-2-8(23-5-18-9-10(13)16-4-17-11(9)23)32-7(6)3-31-37(27,28)35-38(29,30)34-36(24,25)26/h4-8H,2-3H2,1H3,(H,27,28)(H,29,30)(H2,13,16,17)(H2,24,25,26)/t6?,7-,8-/m1/s1. The zero-order chi connectivity index (χ0) is 28.4. The van der Waals surface area contributed by atoms with E-state index in [1.54, 1.807) is 0 Å². The molecule has 0 radical (unpaired) electrons. The van der Waals surface area contributed by atoms with Gasteiger partial charge in [-0.15, -0.1) is 0 Å². The maximum Gasteiger partial charge on any atom is 0.490 e. The molecule has 0 saturated carbocycles. The molecule has 0 aromatic carbocycles. The largest absolute Gasteiger partial charge is 0.490 e. The SMILES string of the molecule is CC(N=[N+]=[N-])(N=[N+]=[N-])OC1C[C@H](n2cnc3c(N)ncnc32)O[C@@H]1COP(=O)(O)OP(=O)(O)OP(=O)(O)O. The van der Waals surface area contributed by atoms with Crippen LogP contribution in [0.15, 0.2) is 22.9 Å². The summed E-state index contributed by atoms with van der Waals surface area (Å²) in [5.41, 5.74) is 23.8. The molecule has 23 nitrogen and oxygen atoms in total. The van der Waals surface area contributed by atoms with Crippen molar-refractivity contribution in [2.45, 2.75) is 37.6 Å². The Kier molecular flexibility index (Phi) is 8.79. The Morgan fingerprint density at radius 1 is 1.16 bits per heavy atom. The third-order valence-electron chi connectivity index (χ3n) is 4.53. The summed E-state index contributed by atoms with van der Waals surface area (Å²) in [6.45, 7) is 0.191. The second-order valence-electron chi connectivity index (χ2n) is 7.30. The molecule has 5 atom stereocenters. The van der Waals surface area contributed by atoms with Crippen LogP contribution >= 0.6 is 23.5 Å². The molecule has 3 rings (SSSR count). The van der Waals surface area contributed by atoms with Crippen molar-refractivity contribution in [2.75, 3.05) is 12.3 Å². The van der Waals surface area contributed by atoms with Gasteiger partial charge in [-0.3, -0.25) is 9.09 Å². The van der Waals surface area contributed by atoms with Crippen LogP contribution in [0.5, 0.6) is 0 Å². The van der Waals surface area contributed by atoms with E-state index in [1.807, 2.05) is 0 Å². The van der Waals surface area contributed by atoms with Gasteiger partial charge in [-0.1, -0.05) is 10.2 Å². The van der Waals surface area contributed by atoms with E-state index in [-0.39, 0.29) is 23.4 Å². The zero-order valence-corrected chi connectivity index (χ0v) is 21.4. The van der Waals surface area contributed by atoms with Crippen molar-refractivity contribution in [1.82, 2.24) is 19.5 Å². The number of rotatable bonds is 12. The van der Waals surface area contributed by atoms with Crippen LogP contribution in [0.1, 0.15) is 19.6 Å². The van der Waals surface area contributed by atoms with E-state index in [0.717, 1.165) is 13.3 Å². The van der Waals surface area contributed by atoms with Gasteiger partial charge in [0, 0.05) is 16.2 Å². The van der Waals surface area contributed by atoms with Gasteiger partial charge in [-0.2, -0.15) is 8.62 Å². The maximum atomic E-state index is 12.2. The van der Waals surface area contributed by atoms with Gasteiger partial charge in [-0.05, 0) is 18.0 Å². The lowest BCUT2D eigenvalue weighted by molar-refractivity contribution is -0.113. The predicted octanol–water partition coefficient (Wildman–Crippen LogP) is 1.72. The fourth-order valence-corrected chi connectivity index (χ4v) is 6.25. The number of nitrogen functional groups attached to an aromatic ring is 1. The van der Waals surface area contributed by atoms with Gasteiger partial charge in [0.2, 0.25) is 5.85 Å². The number of fused-ring (bicyclic) bond motifs is 1. The molecule has 0 bridgehead atoms. The molecule has 1 aliphatic heterocycles. The summed E-state index contributed by atoms with van der Waals surface area (Å²) in [5, 5.41) is 6.56. The topological polar surface area (TPSA) is 345 Å². The quantitative estimate of drug-likeness (QED) is 0.0999. The lowest BCUT2D eigenvalue weighted by Crippen LogP contribution is -2.36. The molecule has 6 N–H and O–H groups in total. The Morgan fingerprint density at radius 3 is 2.42 bits per heavy atom. The summed E-state index contributed by atoms with van der Waals surface area (Å²) < 4.78 is 59.3. The predicted molar refractivity (Wildman–Crippen MR) is 120 cm³/mol. The molecule has 1 fully saturated rings. The number of nitrogens with zero attached hydrogens (tertiary/aromatic N) is 10. The number of hydrogen-bond acceptors (Lipinski definition) is 14. The van der Waals surface area contributed by atoms with Crippen LogP contribution in [0.4, 0.5) is 5.82 Å². The fourth-order valence-electron chi connectivity index (χ4n) is 3.22. The number of phosphoric ester groups is 1. The van der Waals surface area contributed by atoms with Gasteiger partial charge < -0.3 is 34.8 Å². The highest BCUT2D eigenvalue weighted by Crippen LogP contribution is 2.66. The lowest BCUT2D eigenvalue weighted by atomic mass is 10.2. The Morgan fingerprint density at radius 2 is 1.82 bits per heavy atom. The van der Waals surface area contributed by atoms with Gasteiger partial charge >= 0.3 is 23.5 Å². The van der Waals surface area contributed by atoms with Crippen LogP contribution in [0.3, 0.4) is 0 Å². The summed E-state index contributed by atoms with van der Waals surface area (Å²) in [5.74, 6) is -2.07.